The molecule has 8 nitrogen and oxygen atoms in total. The van der Waals surface area contributed by atoms with E-state index in [-0.39, 0.29) is 17.1 Å². The summed E-state index contributed by atoms with van der Waals surface area (Å²) in [4.78, 5) is 27.3. The van der Waals surface area contributed by atoms with Crippen LogP contribution < -0.4 is 5.32 Å². The van der Waals surface area contributed by atoms with Gasteiger partial charge in [0.15, 0.2) is 5.82 Å². The lowest BCUT2D eigenvalue weighted by atomic mass is 10.1. The van der Waals surface area contributed by atoms with Crippen molar-refractivity contribution in [2.75, 3.05) is 5.32 Å². The number of carbonyl (C=O) groups is 1. The standard InChI is InChI=1S/C17H14N4O4/c1-10-12(7-5-9-15(10)21(23)24)16(22)19-14-8-4-3-6-13(14)17-18-11(2)20-25-17/h3-9H,1-2H3,(H,19,22). The predicted molar refractivity (Wildman–Crippen MR) is 90.3 cm³/mol. The van der Waals surface area contributed by atoms with Crippen LogP contribution in [0.25, 0.3) is 11.5 Å². The van der Waals surface area contributed by atoms with Gasteiger partial charge < -0.3 is 9.84 Å². The van der Waals surface area contributed by atoms with Gasteiger partial charge in [-0.2, -0.15) is 4.98 Å². The topological polar surface area (TPSA) is 111 Å². The zero-order valence-electron chi connectivity index (χ0n) is 13.5. The Kier molecular flexibility index (Phi) is 4.25. The Balaban J connectivity index is 1.95. The highest BCUT2D eigenvalue weighted by Gasteiger charge is 2.19. The molecule has 3 aromatic rings. The fraction of sp³-hybridized carbons (Fsp3) is 0.118. The smallest absolute Gasteiger partial charge is 0.273 e. The number of amides is 1. The summed E-state index contributed by atoms with van der Waals surface area (Å²) in [6.45, 7) is 3.24. The molecule has 1 N–H and O–H groups in total. The SMILES string of the molecule is Cc1noc(-c2ccccc2NC(=O)c2cccc([N+](=O)[O-])c2C)n1. The molecule has 0 aliphatic rings. The Morgan fingerprint density at radius 3 is 2.60 bits per heavy atom. The number of aryl methyl sites for hydroxylation is 1. The molecule has 2 aromatic carbocycles. The quantitative estimate of drug-likeness (QED) is 0.575. The summed E-state index contributed by atoms with van der Waals surface area (Å²) in [7, 11) is 0. The van der Waals surface area contributed by atoms with E-state index in [1.165, 1.54) is 18.2 Å². The van der Waals surface area contributed by atoms with Crippen molar-refractivity contribution in [2.24, 2.45) is 0 Å². The van der Waals surface area contributed by atoms with Crippen molar-refractivity contribution in [1.29, 1.82) is 0 Å². The van der Waals surface area contributed by atoms with Crippen LogP contribution in [0.3, 0.4) is 0 Å². The lowest BCUT2D eigenvalue weighted by molar-refractivity contribution is -0.385. The van der Waals surface area contributed by atoms with Gasteiger partial charge in [0, 0.05) is 17.2 Å². The molecule has 0 saturated carbocycles. The molecular weight excluding hydrogens is 324 g/mol. The molecule has 0 spiro atoms. The van der Waals surface area contributed by atoms with Crippen LogP contribution in [0.1, 0.15) is 21.7 Å². The van der Waals surface area contributed by atoms with E-state index in [1.54, 1.807) is 38.1 Å². The molecule has 0 unspecified atom stereocenters. The van der Waals surface area contributed by atoms with E-state index in [2.05, 4.69) is 15.5 Å². The van der Waals surface area contributed by atoms with Gasteiger partial charge >= 0.3 is 0 Å². The third kappa shape index (κ3) is 3.23. The molecule has 0 atom stereocenters. The molecule has 3 rings (SSSR count). The molecule has 0 saturated heterocycles. The molecule has 0 radical (unpaired) electrons. The van der Waals surface area contributed by atoms with Crippen molar-refractivity contribution in [1.82, 2.24) is 10.1 Å². The van der Waals surface area contributed by atoms with Crippen LogP contribution in [0.2, 0.25) is 0 Å². The molecule has 1 heterocycles. The Bertz CT molecular complexity index is 965. The highest BCUT2D eigenvalue weighted by atomic mass is 16.6. The van der Waals surface area contributed by atoms with Gasteiger partial charge in [-0.3, -0.25) is 14.9 Å². The second kappa shape index (κ2) is 6.52. The van der Waals surface area contributed by atoms with Gasteiger partial charge in [0.2, 0.25) is 0 Å². The Hall–Kier alpha value is -3.55. The maximum atomic E-state index is 12.6. The number of carbonyl (C=O) groups excluding carboxylic acids is 1. The number of hydrogen-bond acceptors (Lipinski definition) is 6. The van der Waals surface area contributed by atoms with Gasteiger partial charge in [-0.05, 0) is 32.0 Å². The summed E-state index contributed by atoms with van der Waals surface area (Å²) in [6, 6.07) is 11.3. The number of nitro groups is 1. The lowest BCUT2D eigenvalue weighted by Gasteiger charge is -2.10. The molecule has 25 heavy (non-hydrogen) atoms. The number of nitrogens with zero attached hydrogens (tertiary/aromatic N) is 3. The van der Waals surface area contributed by atoms with Crippen LogP contribution in [-0.2, 0) is 0 Å². The Morgan fingerprint density at radius 2 is 1.92 bits per heavy atom. The molecule has 0 fully saturated rings. The van der Waals surface area contributed by atoms with Crippen LogP contribution in [0.15, 0.2) is 47.0 Å². The van der Waals surface area contributed by atoms with Crippen molar-refractivity contribution >= 4 is 17.3 Å². The number of hydrogen-bond donors (Lipinski definition) is 1. The van der Waals surface area contributed by atoms with E-state index in [0.29, 0.717) is 22.6 Å². The van der Waals surface area contributed by atoms with Gasteiger partial charge in [0.25, 0.3) is 17.5 Å². The zero-order chi connectivity index (χ0) is 18.0. The molecular formula is C17H14N4O4. The van der Waals surface area contributed by atoms with Crippen molar-refractivity contribution in [2.45, 2.75) is 13.8 Å². The fourth-order valence-corrected chi connectivity index (χ4v) is 2.44. The number of aromatic nitrogens is 2. The van der Waals surface area contributed by atoms with E-state index in [1.807, 2.05) is 0 Å². The largest absolute Gasteiger partial charge is 0.334 e. The molecule has 126 valence electrons. The highest BCUT2D eigenvalue weighted by molar-refractivity contribution is 6.07. The Labute approximate surface area is 142 Å². The molecule has 1 amide bonds. The van der Waals surface area contributed by atoms with Crippen molar-refractivity contribution in [3.63, 3.8) is 0 Å². The van der Waals surface area contributed by atoms with E-state index < -0.39 is 10.8 Å². The van der Waals surface area contributed by atoms with Crippen LogP contribution >= 0.6 is 0 Å². The van der Waals surface area contributed by atoms with Crippen LogP contribution in [0, 0.1) is 24.0 Å². The zero-order valence-corrected chi connectivity index (χ0v) is 13.5. The number of nitrogens with one attached hydrogen (secondary N) is 1. The molecule has 0 aliphatic carbocycles. The fourth-order valence-electron chi connectivity index (χ4n) is 2.44. The van der Waals surface area contributed by atoms with Crippen LogP contribution in [0.4, 0.5) is 11.4 Å². The first-order valence-corrected chi connectivity index (χ1v) is 7.42. The third-order valence-electron chi connectivity index (χ3n) is 3.68. The lowest BCUT2D eigenvalue weighted by Crippen LogP contribution is -2.14. The maximum Gasteiger partial charge on any atom is 0.273 e. The molecule has 0 bridgehead atoms. The first-order valence-electron chi connectivity index (χ1n) is 7.42. The number of rotatable bonds is 4. The van der Waals surface area contributed by atoms with Crippen LogP contribution in [-0.4, -0.2) is 21.0 Å². The summed E-state index contributed by atoms with van der Waals surface area (Å²) in [5.41, 5.74) is 1.47. The first-order chi connectivity index (χ1) is 12.0. The monoisotopic (exact) mass is 338 g/mol. The van der Waals surface area contributed by atoms with Crippen molar-refractivity contribution < 1.29 is 14.2 Å². The minimum absolute atomic E-state index is 0.103. The Morgan fingerprint density at radius 1 is 1.16 bits per heavy atom. The van der Waals surface area contributed by atoms with Gasteiger partial charge in [-0.25, -0.2) is 0 Å². The minimum atomic E-state index is -0.513. The van der Waals surface area contributed by atoms with E-state index in [9.17, 15) is 14.9 Å². The number of benzene rings is 2. The first kappa shape index (κ1) is 16.3. The molecule has 8 heteroatoms. The molecule has 0 aliphatic heterocycles. The average Bonchev–Trinajstić information content (AvgIpc) is 3.01. The second-order valence-electron chi connectivity index (χ2n) is 5.35. The van der Waals surface area contributed by atoms with Crippen LogP contribution in [0.5, 0.6) is 0 Å². The summed E-state index contributed by atoms with van der Waals surface area (Å²) in [5, 5.41) is 17.5. The summed E-state index contributed by atoms with van der Waals surface area (Å²) < 4.78 is 5.15. The average molecular weight is 338 g/mol. The van der Waals surface area contributed by atoms with Gasteiger partial charge in [-0.1, -0.05) is 23.4 Å². The number of nitro benzene ring substituents is 1. The maximum absolute atomic E-state index is 12.6. The van der Waals surface area contributed by atoms with Crippen molar-refractivity contribution in [3.05, 3.63) is 69.5 Å². The third-order valence-corrected chi connectivity index (χ3v) is 3.68. The van der Waals surface area contributed by atoms with Gasteiger partial charge in [0.05, 0.1) is 16.2 Å². The summed E-state index contributed by atoms with van der Waals surface area (Å²) in [5.74, 6) is 0.305. The van der Waals surface area contributed by atoms with Gasteiger partial charge in [0.1, 0.15) is 0 Å². The number of para-hydroxylation sites is 1. The minimum Gasteiger partial charge on any atom is -0.334 e. The summed E-state index contributed by atoms with van der Waals surface area (Å²) in [6.07, 6.45) is 0. The van der Waals surface area contributed by atoms with Crippen molar-refractivity contribution in [3.8, 4) is 11.5 Å². The molecule has 1 aromatic heterocycles. The normalized spacial score (nSPS) is 10.5. The van der Waals surface area contributed by atoms with Gasteiger partial charge in [-0.15, -0.1) is 0 Å². The summed E-state index contributed by atoms with van der Waals surface area (Å²) >= 11 is 0. The van der Waals surface area contributed by atoms with E-state index in [4.69, 9.17) is 4.52 Å². The highest BCUT2D eigenvalue weighted by Crippen LogP contribution is 2.28. The van der Waals surface area contributed by atoms with E-state index in [0.717, 1.165) is 0 Å². The van der Waals surface area contributed by atoms with E-state index >= 15 is 0 Å². The second-order valence-corrected chi connectivity index (χ2v) is 5.35. The predicted octanol–water partition coefficient (Wildman–Crippen LogP) is 3.51. The number of anilines is 1.